The number of carboxylic acids is 1. The van der Waals surface area contributed by atoms with Gasteiger partial charge < -0.3 is 133 Å². The van der Waals surface area contributed by atoms with Crippen LogP contribution in [0, 0.1) is 5.92 Å². The number of nitrogens with one attached hydrogen (secondary N) is 7. The number of primary amides is 1. The lowest BCUT2D eigenvalue weighted by molar-refractivity contribution is -0.334. The van der Waals surface area contributed by atoms with E-state index in [2.05, 4.69) is 37.2 Å². The molecule has 7 aliphatic rings. The van der Waals surface area contributed by atoms with Crippen LogP contribution in [0.2, 0.25) is 10.0 Å². The number of hydrogen-bond acceptors (Lipinski definition) is 26. The van der Waals surface area contributed by atoms with E-state index < -0.39 is 255 Å². The number of aromatic hydroxyl groups is 3. The number of rotatable bonds is 15. The molecule has 21 N–H and O–H groups in total. The van der Waals surface area contributed by atoms with E-state index in [-0.39, 0.29) is 41.4 Å². The Hall–Kier alpha value is -10.7. The number of phenols is 3. The standard InChI is InChI=1S/C73H79Cl2N9O26/c1-28(2)16-40(76)64(95)82-55-57(90)32-11-14-44(38(74)18-32)106-46-20-34-21-47(61(46)110-71-62(60(93)59(92)48(26-85)108-71)109-50-25-73(4,63(94)29(3)105-50)84-72(103)104-27-30-8-6-5-7-9-30)107-45-15-12-33(19-39(45)75)58(91)56-69(100)81-54(70(101)102)37-22-35(86)23-43(88)51(37)36-17-31(10-13-42(36)87)52(66(97)83-56)80-67(98)53(34)79-65(96)41(24-49(77)89)78-68(55)99/h5-15,17-23,28-29,40-41,48,50,52-60,62-63,71,85-88,90-94H,16,24-27,76H2,1-4H3,(H2,77,89)(H,78,99)(H,79,96)(H,80,98)(H,81,100)(H,82,95)(H,83,97)(H,84,103)(H,101,102)/t29-,40-,41-,48+,50-,52+,53+,54-,55+,56?,57+,58+,59+,60-,62?,63+,71?,73-/m0/s1. The fraction of sp³-hybridized carbons (Fsp3) is 0.384. The number of alkyl carbamates (subject to hydrolysis) is 1. The molecule has 11 bridgehead atoms. The van der Waals surface area contributed by atoms with Crippen LogP contribution < -0.4 is 62.9 Å². The summed E-state index contributed by atoms with van der Waals surface area (Å²) in [6.07, 6.45) is -21.0. The number of phenolic OH excluding ortho intramolecular Hbond substituents is 3. The molecular weight excluding hydrogens is 1490 g/mol. The Morgan fingerprint density at radius 1 is 0.691 bits per heavy atom. The molecule has 6 aromatic carbocycles. The molecule has 8 amide bonds. The van der Waals surface area contributed by atoms with Gasteiger partial charge in [-0.2, -0.15) is 0 Å². The van der Waals surface area contributed by atoms with Gasteiger partial charge in [-0.3, -0.25) is 33.6 Å². The summed E-state index contributed by atoms with van der Waals surface area (Å²) < 4.78 is 44.3. The molecule has 2 saturated heterocycles. The number of aliphatic hydroxyl groups excluding tert-OH is 6. The Morgan fingerprint density at radius 2 is 1.31 bits per heavy atom. The normalized spacial score (nSPS) is 27.9. The van der Waals surface area contributed by atoms with Gasteiger partial charge in [0.1, 0.15) is 102 Å². The second-order valence-electron chi connectivity index (χ2n) is 27.6. The van der Waals surface area contributed by atoms with Crippen LogP contribution in [0.1, 0.15) is 111 Å². The summed E-state index contributed by atoms with van der Waals surface area (Å²) in [5.74, 6) is -16.7. The van der Waals surface area contributed by atoms with Crippen molar-refractivity contribution in [1.29, 1.82) is 0 Å². The lowest BCUT2D eigenvalue weighted by atomic mass is 9.85. The fourth-order valence-corrected chi connectivity index (χ4v) is 13.8. The largest absolute Gasteiger partial charge is 0.508 e. The van der Waals surface area contributed by atoms with Crippen molar-refractivity contribution in [1.82, 2.24) is 37.2 Å². The van der Waals surface area contributed by atoms with Gasteiger partial charge in [-0.1, -0.05) is 85.6 Å². The van der Waals surface area contributed by atoms with Crippen molar-refractivity contribution in [2.45, 2.75) is 163 Å². The molecule has 37 heteroatoms. The fourth-order valence-electron chi connectivity index (χ4n) is 13.4. The monoisotopic (exact) mass is 1570 g/mol. The van der Waals surface area contributed by atoms with Gasteiger partial charge >= 0.3 is 12.1 Å². The first kappa shape index (κ1) is 80.3. The number of aliphatic hydroxyl groups is 6. The summed E-state index contributed by atoms with van der Waals surface area (Å²) >= 11 is 14.2. The van der Waals surface area contributed by atoms with Crippen molar-refractivity contribution in [3.8, 4) is 57.1 Å². The number of amides is 8. The van der Waals surface area contributed by atoms with E-state index in [1.807, 2.05) is 0 Å². The van der Waals surface area contributed by atoms with E-state index >= 15 is 14.4 Å². The predicted octanol–water partition coefficient (Wildman–Crippen LogP) is 1.81. The molecule has 18 atom stereocenters. The molecule has 2 fully saturated rings. The van der Waals surface area contributed by atoms with E-state index in [0.29, 0.717) is 5.56 Å². The average molecular weight is 1570 g/mol. The van der Waals surface area contributed by atoms with Crippen LogP contribution in [0.3, 0.4) is 0 Å². The number of halogens is 2. The zero-order valence-electron chi connectivity index (χ0n) is 58.7. The molecule has 6 aromatic rings. The lowest BCUT2D eigenvalue weighted by Crippen LogP contribution is -2.66. The number of nitrogens with two attached hydrogens (primary N) is 2. The highest BCUT2D eigenvalue weighted by Crippen LogP contribution is 2.50. The smallest absolute Gasteiger partial charge is 0.407 e. The van der Waals surface area contributed by atoms with E-state index in [9.17, 15) is 79.8 Å². The third-order valence-corrected chi connectivity index (χ3v) is 19.6. The van der Waals surface area contributed by atoms with Crippen LogP contribution >= 0.6 is 23.2 Å². The maximum atomic E-state index is 16.1. The van der Waals surface area contributed by atoms with E-state index in [0.717, 1.165) is 72.8 Å². The molecule has 0 spiro atoms. The van der Waals surface area contributed by atoms with Crippen molar-refractivity contribution >= 4 is 76.6 Å². The van der Waals surface area contributed by atoms with Crippen LogP contribution in [0.4, 0.5) is 4.79 Å². The summed E-state index contributed by atoms with van der Waals surface area (Å²) in [6, 6.07) is 7.12. The number of benzene rings is 6. The number of hydrogen-bond donors (Lipinski definition) is 19. The molecule has 110 heavy (non-hydrogen) atoms. The zero-order chi connectivity index (χ0) is 79.6. The minimum Gasteiger partial charge on any atom is -0.508 e. The van der Waals surface area contributed by atoms with Crippen molar-refractivity contribution < 1.29 is 127 Å². The van der Waals surface area contributed by atoms with Crippen LogP contribution in [0.15, 0.2) is 109 Å². The van der Waals surface area contributed by atoms with Gasteiger partial charge in [0.25, 0.3) is 0 Å². The highest BCUT2D eigenvalue weighted by atomic mass is 35.5. The molecule has 7 aliphatic heterocycles. The molecule has 35 nitrogen and oxygen atoms in total. The van der Waals surface area contributed by atoms with Crippen LogP contribution in [-0.2, 0) is 63.9 Å². The summed E-state index contributed by atoms with van der Waals surface area (Å²) in [5, 5.41) is 132. The highest BCUT2D eigenvalue weighted by Gasteiger charge is 2.53. The summed E-state index contributed by atoms with van der Waals surface area (Å²) in [7, 11) is 0. The highest BCUT2D eigenvalue weighted by molar-refractivity contribution is 6.32. The second-order valence-corrected chi connectivity index (χ2v) is 28.4. The Bertz CT molecular complexity index is 4560. The minimum absolute atomic E-state index is 0.0593. The SMILES string of the molecule is CC(C)C[C@H](N)C(=O)N[C@H]1C(=O)N[C@@H](CC(N)=O)C(=O)N[C@H]2C(=O)N[C@H]3C(=O)NC(C(=O)N[C@H](C(=O)O)c4cc(O)cc(O)c4-c4cc3ccc4O)[C@H](O)c3ccc(c(Cl)c3)Oc3cc2cc(c3OC2O[C@H](CO)[C@@H](O)[C@H](O)C2O[C@H]2C[C@](C)(NC(=O)OCc3ccccc3)[C@H](O)[C@H](C)O2)Oc2ccc(cc2Cl)[C@H]1O. The first-order valence-electron chi connectivity index (χ1n) is 34.3. The molecule has 0 radical (unpaired) electrons. The van der Waals surface area contributed by atoms with Gasteiger partial charge in [0, 0.05) is 29.2 Å². The summed E-state index contributed by atoms with van der Waals surface area (Å²) in [6.45, 7) is 5.19. The van der Waals surface area contributed by atoms with Crippen LogP contribution in [0.25, 0.3) is 11.1 Å². The third-order valence-electron chi connectivity index (χ3n) is 19.0. The van der Waals surface area contributed by atoms with Crippen LogP contribution in [0.5, 0.6) is 46.0 Å². The lowest BCUT2D eigenvalue weighted by Gasteiger charge is -2.48. The van der Waals surface area contributed by atoms with Gasteiger partial charge in [0.2, 0.25) is 53.4 Å². The van der Waals surface area contributed by atoms with Crippen molar-refractivity contribution in [3.63, 3.8) is 0 Å². The molecule has 0 saturated carbocycles. The molecule has 7 heterocycles. The molecule has 0 aliphatic carbocycles. The van der Waals surface area contributed by atoms with Gasteiger partial charge in [-0.25, -0.2) is 9.59 Å². The van der Waals surface area contributed by atoms with Crippen LogP contribution in [-0.4, -0.2) is 190 Å². The number of carbonyl (C=O) groups excluding carboxylic acids is 8. The summed E-state index contributed by atoms with van der Waals surface area (Å²) in [4.78, 5) is 130. The van der Waals surface area contributed by atoms with Gasteiger partial charge in [-0.15, -0.1) is 0 Å². The van der Waals surface area contributed by atoms with Crippen molar-refractivity contribution in [2.24, 2.45) is 17.4 Å². The Kier molecular flexibility index (Phi) is 24.3. The Morgan fingerprint density at radius 3 is 1.93 bits per heavy atom. The third kappa shape index (κ3) is 17.5. The first-order valence-corrected chi connectivity index (χ1v) is 35.1. The number of ether oxygens (including phenoxy) is 7. The Labute approximate surface area is 635 Å². The molecule has 13 rings (SSSR count). The molecule has 3 unspecified atom stereocenters. The van der Waals surface area contributed by atoms with E-state index in [1.165, 1.54) is 19.9 Å². The van der Waals surface area contributed by atoms with E-state index in [4.69, 9.17) is 67.8 Å². The maximum absolute atomic E-state index is 16.1. The first-order chi connectivity index (χ1) is 52.1. The van der Waals surface area contributed by atoms with Crippen molar-refractivity contribution in [3.05, 3.63) is 153 Å². The molecular formula is C73H79Cl2N9O26. The zero-order valence-corrected chi connectivity index (χ0v) is 60.2. The average Bonchev–Trinajstić information content (AvgIpc) is 0.768. The number of fused-ring (bicyclic) bond motifs is 15. The predicted molar refractivity (Wildman–Crippen MR) is 380 cm³/mol. The van der Waals surface area contributed by atoms with Gasteiger partial charge in [0.15, 0.2) is 29.9 Å². The summed E-state index contributed by atoms with van der Waals surface area (Å²) in [5.41, 5.74) is 7.95. The number of carbonyl (C=O) groups is 9. The van der Waals surface area contributed by atoms with E-state index in [1.54, 1.807) is 44.2 Å². The topological polar surface area (TPSA) is 557 Å². The Balaban J connectivity index is 1.12. The number of carboxylic acid groups (broad SMARTS) is 1. The second kappa shape index (κ2) is 33.3. The maximum Gasteiger partial charge on any atom is 0.407 e. The minimum atomic E-state index is -2.39. The van der Waals surface area contributed by atoms with Crippen molar-refractivity contribution in [2.75, 3.05) is 6.61 Å². The number of aliphatic carboxylic acids is 1. The van der Waals surface area contributed by atoms with Gasteiger partial charge in [-0.05, 0) is 109 Å². The molecule has 0 aromatic heterocycles. The van der Waals surface area contributed by atoms with Gasteiger partial charge in [0.05, 0.1) is 40.8 Å². The molecule has 586 valence electrons. The quantitative estimate of drug-likeness (QED) is 0.0697.